The van der Waals surface area contributed by atoms with Crippen LogP contribution in [0, 0.1) is 6.92 Å². The number of aromatic carboxylic acids is 1. The molecule has 0 aliphatic heterocycles. The molecule has 0 radical (unpaired) electrons. The molecular formula is C13H21NO3S. The van der Waals surface area contributed by atoms with Crippen LogP contribution in [0.15, 0.2) is 10.5 Å². The Morgan fingerprint density at radius 1 is 1.61 bits per heavy atom. The molecule has 2 N–H and O–H groups in total. The summed E-state index contributed by atoms with van der Waals surface area (Å²) in [6.45, 7) is 6.61. The van der Waals surface area contributed by atoms with E-state index in [9.17, 15) is 4.79 Å². The van der Waals surface area contributed by atoms with Crippen molar-refractivity contribution >= 4 is 17.7 Å². The lowest BCUT2D eigenvalue weighted by molar-refractivity contribution is 0.0659. The highest BCUT2D eigenvalue weighted by Crippen LogP contribution is 2.14. The van der Waals surface area contributed by atoms with Gasteiger partial charge in [-0.15, -0.1) is 0 Å². The first kappa shape index (κ1) is 15.1. The van der Waals surface area contributed by atoms with Crippen molar-refractivity contribution in [3.8, 4) is 0 Å². The average molecular weight is 271 g/mol. The third-order valence-corrected chi connectivity index (χ3v) is 3.62. The van der Waals surface area contributed by atoms with Crippen LogP contribution >= 0.6 is 11.8 Å². The second kappa shape index (κ2) is 7.48. The van der Waals surface area contributed by atoms with Gasteiger partial charge in [0.25, 0.3) is 0 Å². The van der Waals surface area contributed by atoms with Gasteiger partial charge in [-0.05, 0) is 37.8 Å². The third kappa shape index (κ3) is 4.74. The summed E-state index contributed by atoms with van der Waals surface area (Å²) >= 11 is 1.93. The van der Waals surface area contributed by atoms with E-state index < -0.39 is 5.97 Å². The molecule has 1 rings (SSSR count). The summed E-state index contributed by atoms with van der Waals surface area (Å²) in [5.41, 5.74) is 0.675. The zero-order valence-electron chi connectivity index (χ0n) is 11.2. The normalized spacial score (nSPS) is 12.6. The minimum absolute atomic E-state index is 0.0426. The molecule has 1 heterocycles. The van der Waals surface area contributed by atoms with Crippen LogP contribution < -0.4 is 5.32 Å². The molecule has 102 valence electrons. The number of carbonyl (C=O) groups is 1. The minimum Gasteiger partial charge on any atom is -0.475 e. The Morgan fingerprint density at radius 3 is 2.89 bits per heavy atom. The quantitative estimate of drug-likeness (QED) is 0.712. The van der Waals surface area contributed by atoms with Crippen molar-refractivity contribution in [2.75, 3.05) is 11.5 Å². The summed E-state index contributed by atoms with van der Waals surface area (Å²) < 4.78 is 5.28. The number of furan rings is 1. The predicted molar refractivity (Wildman–Crippen MR) is 74.3 cm³/mol. The Bertz CT molecular complexity index is 390. The number of aryl methyl sites for hydroxylation is 1. The first-order valence-electron chi connectivity index (χ1n) is 6.18. The average Bonchev–Trinajstić information content (AvgIpc) is 2.68. The number of hydrogen-bond donors (Lipinski definition) is 2. The third-order valence-electron chi connectivity index (χ3n) is 2.69. The fourth-order valence-corrected chi connectivity index (χ4v) is 2.44. The van der Waals surface area contributed by atoms with Crippen molar-refractivity contribution < 1.29 is 14.3 Å². The van der Waals surface area contributed by atoms with Crippen LogP contribution in [0.1, 0.15) is 42.1 Å². The molecule has 0 aliphatic rings. The van der Waals surface area contributed by atoms with Gasteiger partial charge in [0.1, 0.15) is 5.76 Å². The molecular weight excluding hydrogens is 250 g/mol. The molecule has 0 aliphatic carbocycles. The van der Waals surface area contributed by atoms with Gasteiger partial charge < -0.3 is 14.8 Å². The van der Waals surface area contributed by atoms with Gasteiger partial charge in [0, 0.05) is 11.6 Å². The number of carboxylic acids is 1. The summed E-state index contributed by atoms with van der Waals surface area (Å²) in [5.74, 6) is 2.00. The molecule has 0 saturated carbocycles. The number of nitrogens with one attached hydrogen (secondary N) is 1. The highest BCUT2D eigenvalue weighted by molar-refractivity contribution is 7.99. The van der Waals surface area contributed by atoms with Gasteiger partial charge in [-0.2, -0.15) is 11.8 Å². The number of carboxylic acid groups (broad SMARTS) is 1. The standard InChI is InChI=1S/C13H21NO3S/c1-4-18-6-5-10(3)14-8-11-7-9(2)12(17-11)13(15)16/h7,10,14H,4-6,8H2,1-3H3,(H,15,16). The van der Waals surface area contributed by atoms with Crippen LogP contribution in [0.25, 0.3) is 0 Å². The lowest BCUT2D eigenvalue weighted by atomic mass is 10.2. The highest BCUT2D eigenvalue weighted by atomic mass is 32.2. The van der Waals surface area contributed by atoms with E-state index >= 15 is 0 Å². The first-order valence-corrected chi connectivity index (χ1v) is 7.33. The van der Waals surface area contributed by atoms with Crippen LogP contribution in [-0.4, -0.2) is 28.6 Å². The monoisotopic (exact) mass is 271 g/mol. The summed E-state index contributed by atoms with van der Waals surface area (Å²) in [4.78, 5) is 10.8. The van der Waals surface area contributed by atoms with Gasteiger partial charge in [-0.25, -0.2) is 4.79 Å². The number of hydrogen-bond acceptors (Lipinski definition) is 4. The van der Waals surface area contributed by atoms with Gasteiger partial charge in [0.15, 0.2) is 0 Å². The topological polar surface area (TPSA) is 62.5 Å². The van der Waals surface area contributed by atoms with E-state index in [-0.39, 0.29) is 5.76 Å². The second-order valence-electron chi connectivity index (χ2n) is 4.30. The maximum atomic E-state index is 10.8. The first-order chi connectivity index (χ1) is 8.54. The van der Waals surface area contributed by atoms with Crippen LogP contribution in [0.5, 0.6) is 0 Å². The maximum Gasteiger partial charge on any atom is 0.372 e. The molecule has 1 atom stereocenters. The lowest BCUT2D eigenvalue weighted by Gasteiger charge is -2.11. The van der Waals surface area contributed by atoms with Gasteiger partial charge in [-0.1, -0.05) is 6.92 Å². The van der Waals surface area contributed by atoms with Gasteiger partial charge in [0.2, 0.25) is 5.76 Å². The Balaban J connectivity index is 2.39. The van der Waals surface area contributed by atoms with E-state index in [0.717, 1.165) is 17.9 Å². The molecule has 0 amide bonds. The summed E-state index contributed by atoms with van der Waals surface area (Å²) in [5, 5.41) is 12.2. The van der Waals surface area contributed by atoms with E-state index in [0.29, 0.717) is 23.9 Å². The van der Waals surface area contributed by atoms with E-state index in [2.05, 4.69) is 19.2 Å². The molecule has 0 bridgehead atoms. The van der Waals surface area contributed by atoms with Crippen LogP contribution in [-0.2, 0) is 6.54 Å². The fraction of sp³-hybridized carbons (Fsp3) is 0.615. The zero-order valence-corrected chi connectivity index (χ0v) is 12.0. The maximum absolute atomic E-state index is 10.8. The van der Waals surface area contributed by atoms with E-state index in [4.69, 9.17) is 9.52 Å². The molecule has 1 aromatic heterocycles. The molecule has 5 heteroatoms. The SMILES string of the molecule is CCSCCC(C)NCc1cc(C)c(C(=O)O)o1. The molecule has 0 spiro atoms. The van der Waals surface area contributed by atoms with Crippen LogP contribution in [0.3, 0.4) is 0 Å². The predicted octanol–water partition coefficient (Wildman–Crippen LogP) is 2.91. The molecule has 0 aromatic carbocycles. The van der Waals surface area contributed by atoms with Crippen LogP contribution in [0.4, 0.5) is 0 Å². The Morgan fingerprint density at radius 2 is 2.33 bits per heavy atom. The second-order valence-corrected chi connectivity index (χ2v) is 5.69. The van der Waals surface area contributed by atoms with Crippen LogP contribution in [0.2, 0.25) is 0 Å². The van der Waals surface area contributed by atoms with Gasteiger partial charge in [0.05, 0.1) is 6.54 Å². The van der Waals surface area contributed by atoms with E-state index in [1.54, 1.807) is 13.0 Å². The van der Waals surface area contributed by atoms with Crippen molar-refractivity contribution in [2.24, 2.45) is 0 Å². The molecule has 4 nitrogen and oxygen atoms in total. The van der Waals surface area contributed by atoms with E-state index in [1.807, 2.05) is 11.8 Å². The van der Waals surface area contributed by atoms with Crippen molar-refractivity contribution in [1.29, 1.82) is 0 Å². The minimum atomic E-state index is -1.01. The smallest absolute Gasteiger partial charge is 0.372 e. The number of rotatable bonds is 8. The Labute approximate surface area is 112 Å². The molecule has 0 fully saturated rings. The number of thioether (sulfide) groups is 1. The molecule has 0 saturated heterocycles. The fourth-order valence-electron chi connectivity index (χ4n) is 1.63. The Kier molecular flexibility index (Phi) is 6.29. The van der Waals surface area contributed by atoms with Gasteiger partial charge in [-0.3, -0.25) is 0 Å². The molecule has 1 aromatic rings. The van der Waals surface area contributed by atoms with Crippen molar-refractivity contribution in [3.63, 3.8) is 0 Å². The lowest BCUT2D eigenvalue weighted by Crippen LogP contribution is -2.25. The van der Waals surface area contributed by atoms with Crippen molar-refractivity contribution in [3.05, 3.63) is 23.2 Å². The summed E-state index contributed by atoms with van der Waals surface area (Å²) in [6.07, 6.45) is 1.10. The zero-order chi connectivity index (χ0) is 13.5. The Hall–Kier alpha value is -0.940. The summed E-state index contributed by atoms with van der Waals surface area (Å²) in [6, 6.07) is 2.19. The molecule has 18 heavy (non-hydrogen) atoms. The van der Waals surface area contributed by atoms with Crippen molar-refractivity contribution in [1.82, 2.24) is 5.32 Å². The van der Waals surface area contributed by atoms with Crippen molar-refractivity contribution in [2.45, 2.75) is 39.8 Å². The summed E-state index contributed by atoms with van der Waals surface area (Å²) in [7, 11) is 0. The largest absolute Gasteiger partial charge is 0.475 e. The highest BCUT2D eigenvalue weighted by Gasteiger charge is 2.14. The molecule has 1 unspecified atom stereocenters. The van der Waals surface area contributed by atoms with E-state index in [1.165, 1.54) is 0 Å². The van der Waals surface area contributed by atoms with Gasteiger partial charge >= 0.3 is 5.97 Å².